The van der Waals surface area contributed by atoms with Gasteiger partial charge in [0.2, 0.25) is 0 Å². The summed E-state index contributed by atoms with van der Waals surface area (Å²) in [5.74, 6) is 1.07. The molecule has 1 aromatic heterocycles. The van der Waals surface area contributed by atoms with E-state index in [1.807, 2.05) is 18.5 Å². The largest absolute Gasteiger partial charge is 0.380 e. The van der Waals surface area contributed by atoms with Gasteiger partial charge >= 0.3 is 0 Å². The van der Waals surface area contributed by atoms with Crippen LogP contribution in [-0.4, -0.2) is 37.0 Å². The van der Waals surface area contributed by atoms with Gasteiger partial charge in [-0.15, -0.1) is 11.3 Å². The maximum Gasteiger partial charge on any atom is 0.149 e. The molecule has 80 valence electrons. The first-order valence-corrected chi connectivity index (χ1v) is 6.60. The monoisotopic (exact) mass is 232 g/mol. The number of nitrogens with zero attached hydrogens (tertiary/aromatic N) is 1. The third-order valence-electron chi connectivity index (χ3n) is 1.54. The molecule has 1 heterocycles. The van der Waals surface area contributed by atoms with Crippen molar-refractivity contribution in [3.8, 4) is 0 Å². The van der Waals surface area contributed by atoms with Crippen molar-refractivity contribution >= 4 is 23.1 Å². The molecule has 0 fully saturated rings. The number of thioether (sulfide) groups is 1. The minimum absolute atomic E-state index is 0.801. The lowest BCUT2D eigenvalue weighted by molar-refractivity contribution is 0.150. The normalized spacial score (nSPS) is 10.6. The first kappa shape index (κ1) is 12.0. The summed E-state index contributed by atoms with van der Waals surface area (Å²) in [6, 6.07) is 0. The van der Waals surface area contributed by atoms with Gasteiger partial charge in [0.1, 0.15) is 4.34 Å². The van der Waals surface area contributed by atoms with Crippen molar-refractivity contribution in [2.45, 2.75) is 11.3 Å². The highest BCUT2D eigenvalue weighted by Crippen LogP contribution is 2.18. The molecule has 0 unspecified atom stereocenters. The second-order valence-corrected chi connectivity index (χ2v) is 4.83. The molecule has 0 aromatic carbocycles. The van der Waals surface area contributed by atoms with Crippen LogP contribution in [0.25, 0.3) is 0 Å². The Balaban J connectivity index is 1.85. The van der Waals surface area contributed by atoms with Gasteiger partial charge in [-0.05, 0) is 6.92 Å². The maximum atomic E-state index is 5.21. The molecular weight excluding hydrogens is 216 g/mol. The summed E-state index contributed by atoms with van der Waals surface area (Å²) in [6.07, 6.45) is 1.84. The lowest BCUT2D eigenvalue weighted by atomic mass is 10.6. The quantitative estimate of drug-likeness (QED) is 0.548. The van der Waals surface area contributed by atoms with E-state index < -0.39 is 0 Å². The summed E-state index contributed by atoms with van der Waals surface area (Å²) >= 11 is 3.49. The Kier molecular flexibility index (Phi) is 7.04. The van der Waals surface area contributed by atoms with E-state index in [0.29, 0.717) is 0 Å². The molecule has 0 aliphatic heterocycles. The van der Waals surface area contributed by atoms with E-state index in [9.17, 15) is 0 Å². The van der Waals surface area contributed by atoms with E-state index in [-0.39, 0.29) is 0 Å². The predicted molar refractivity (Wildman–Crippen MR) is 62.2 cm³/mol. The fourth-order valence-corrected chi connectivity index (χ4v) is 2.51. The molecule has 0 saturated carbocycles. The summed E-state index contributed by atoms with van der Waals surface area (Å²) in [4.78, 5) is 4.19. The summed E-state index contributed by atoms with van der Waals surface area (Å²) in [7, 11) is 0. The van der Waals surface area contributed by atoms with Crippen molar-refractivity contribution < 1.29 is 4.74 Å². The molecule has 1 aromatic rings. The predicted octanol–water partition coefficient (Wildman–Crippen LogP) is 1.86. The van der Waals surface area contributed by atoms with Crippen LogP contribution in [0.4, 0.5) is 0 Å². The number of hydrogen-bond acceptors (Lipinski definition) is 5. The second-order valence-electron chi connectivity index (χ2n) is 2.59. The van der Waals surface area contributed by atoms with Crippen molar-refractivity contribution in [3.63, 3.8) is 0 Å². The maximum absolute atomic E-state index is 5.21. The zero-order valence-corrected chi connectivity index (χ0v) is 10.00. The van der Waals surface area contributed by atoms with Gasteiger partial charge in [0.05, 0.1) is 6.61 Å². The molecule has 1 rings (SSSR count). The molecule has 14 heavy (non-hydrogen) atoms. The number of nitrogens with one attached hydrogen (secondary N) is 1. The number of aromatic nitrogens is 1. The first-order chi connectivity index (χ1) is 6.93. The lowest BCUT2D eigenvalue weighted by Gasteiger charge is -2.03. The van der Waals surface area contributed by atoms with Crippen molar-refractivity contribution in [2.24, 2.45) is 0 Å². The van der Waals surface area contributed by atoms with Crippen molar-refractivity contribution in [1.82, 2.24) is 10.3 Å². The van der Waals surface area contributed by atoms with Crippen LogP contribution < -0.4 is 5.32 Å². The van der Waals surface area contributed by atoms with Gasteiger partial charge in [0, 0.05) is 37.0 Å². The Bertz CT molecular complexity index is 217. The number of hydrogen-bond donors (Lipinski definition) is 1. The lowest BCUT2D eigenvalue weighted by Crippen LogP contribution is -2.22. The SMILES string of the molecule is CCOCCNCCSc1nccs1. The van der Waals surface area contributed by atoms with E-state index in [4.69, 9.17) is 4.74 Å². The molecule has 1 N–H and O–H groups in total. The average Bonchev–Trinajstić information content (AvgIpc) is 2.69. The minimum atomic E-state index is 0.801. The number of thiazole rings is 1. The van der Waals surface area contributed by atoms with Crippen molar-refractivity contribution in [1.29, 1.82) is 0 Å². The van der Waals surface area contributed by atoms with Gasteiger partial charge in [-0.3, -0.25) is 0 Å². The van der Waals surface area contributed by atoms with Gasteiger partial charge in [-0.1, -0.05) is 11.8 Å². The zero-order valence-electron chi connectivity index (χ0n) is 8.36. The van der Waals surface area contributed by atoms with Crippen LogP contribution in [0, 0.1) is 0 Å². The summed E-state index contributed by atoms with van der Waals surface area (Å²) in [5, 5.41) is 5.32. The minimum Gasteiger partial charge on any atom is -0.380 e. The van der Waals surface area contributed by atoms with Crippen LogP contribution in [0.15, 0.2) is 15.9 Å². The number of ether oxygens (including phenoxy) is 1. The van der Waals surface area contributed by atoms with Crippen molar-refractivity contribution in [2.75, 3.05) is 32.1 Å². The van der Waals surface area contributed by atoms with Gasteiger partial charge in [-0.2, -0.15) is 0 Å². The van der Waals surface area contributed by atoms with E-state index in [0.717, 1.165) is 36.4 Å². The van der Waals surface area contributed by atoms with Gasteiger partial charge < -0.3 is 10.1 Å². The fraction of sp³-hybridized carbons (Fsp3) is 0.667. The van der Waals surface area contributed by atoms with Crippen LogP contribution >= 0.6 is 23.1 Å². The smallest absolute Gasteiger partial charge is 0.149 e. The molecule has 0 radical (unpaired) electrons. The van der Waals surface area contributed by atoms with Gasteiger partial charge in [0.25, 0.3) is 0 Å². The van der Waals surface area contributed by atoms with Crippen LogP contribution in [-0.2, 0) is 4.74 Å². The standard InChI is InChI=1S/C9H16N2OS2/c1-2-12-6-3-10-4-7-13-9-11-5-8-14-9/h5,8,10H,2-4,6-7H2,1H3. The van der Waals surface area contributed by atoms with E-state index in [2.05, 4.69) is 10.3 Å². The average molecular weight is 232 g/mol. The molecule has 0 amide bonds. The van der Waals surface area contributed by atoms with Crippen LogP contribution in [0.1, 0.15) is 6.92 Å². The molecule has 0 bridgehead atoms. The first-order valence-electron chi connectivity index (χ1n) is 4.74. The van der Waals surface area contributed by atoms with Crippen molar-refractivity contribution in [3.05, 3.63) is 11.6 Å². The summed E-state index contributed by atoms with van der Waals surface area (Å²) in [6.45, 7) is 5.57. The highest BCUT2D eigenvalue weighted by molar-refractivity contribution is 8.01. The van der Waals surface area contributed by atoms with E-state index >= 15 is 0 Å². The molecular formula is C9H16N2OS2. The zero-order chi connectivity index (χ0) is 10.1. The fourth-order valence-electron chi connectivity index (χ4n) is 0.906. The Morgan fingerprint density at radius 2 is 2.50 bits per heavy atom. The highest BCUT2D eigenvalue weighted by Gasteiger charge is 1.94. The molecule has 0 atom stereocenters. The Morgan fingerprint density at radius 3 is 3.21 bits per heavy atom. The van der Waals surface area contributed by atoms with Crippen LogP contribution in [0.2, 0.25) is 0 Å². The third kappa shape index (κ3) is 5.59. The molecule has 0 saturated heterocycles. The second kappa shape index (κ2) is 8.23. The topological polar surface area (TPSA) is 34.1 Å². The molecule has 5 heteroatoms. The van der Waals surface area contributed by atoms with Gasteiger partial charge in [0.15, 0.2) is 0 Å². The molecule has 0 aliphatic rings. The summed E-state index contributed by atoms with van der Waals surface area (Å²) < 4.78 is 6.36. The Morgan fingerprint density at radius 1 is 1.57 bits per heavy atom. The van der Waals surface area contributed by atoms with E-state index in [1.165, 1.54) is 0 Å². The third-order valence-corrected chi connectivity index (χ3v) is 3.51. The number of rotatable bonds is 8. The van der Waals surface area contributed by atoms with Crippen LogP contribution in [0.3, 0.4) is 0 Å². The van der Waals surface area contributed by atoms with Crippen LogP contribution in [0.5, 0.6) is 0 Å². The van der Waals surface area contributed by atoms with E-state index in [1.54, 1.807) is 23.1 Å². The summed E-state index contributed by atoms with van der Waals surface area (Å²) in [5.41, 5.74) is 0. The molecule has 0 aliphatic carbocycles. The molecule has 0 spiro atoms. The Labute approximate surface area is 93.3 Å². The Hall–Kier alpha value is -0.100. The highest BCUT2D eigenvalue weighted by atomic mass is 32.2. The molecule has 3 nitrogen and oxygen atoms in total. The van der Waals surface area contributed by atoms with Gasteiger partial charge in [-0.25, -0.2) is 4.98 Å².